The van der Waals surface area contributed by atoms with Crippen molar-refractivity contribution < 1.29 is 22.0 Å². The quantitative estimate of drug-likeness (QED) is 0.900. The van der Waals surface area contributed by atoms with E-state index >= 15 is 0 Å². The summed E-state index contributed by atoms with van der Waals surface area (Å²) in [4.78, 5) is 14.0. The second-order valence-electron chi connectivity index (χ2n) is 5.76. The molecule has 0 spiro atoms. The normalized spacial score (nSPS) is 15.0. The van der Waals surface area contributed by atoms with Crippen LogP contribution in [0.1, 0.15) is 23.8 Å². The van der Waals surface area contributed by atoms with Gasteiger partial charge >= 0.3 is 0 Å². The zero-order valence-electron chi connectivity index (χ0n) is 13.5. The molecule has 1 N–H and O–H groups in total. The van der Waals surface area contributed by atoms with Crippen LogP contribution in [0.5, 0.6) is 0 Å². The van der Waals surface area contributed by atoms with Gasteiger partial charge in [0.05, 0.1) is 5.69 Å². The van der Waals surface area contributed by atoms with Crippen molar-refractivity contribution in [1.29, 1.82) is 0 Å². The second kappa shape index (κ2) is 6.47. The smallest absolute Gasteiger partial charge is 0.270 e. The molecule has 6 nitrogen and oxygen atoms in total. The average molecular weight is 369 g/mol. The molecule has 0 unspecified atom stereocenters. The first-order valence-electron chi connectivity index (χ1n) is 7.78. The fourth-order valence-corrected chi connectivity index (χ4v) is 3.90. The highest BCUT2D eigenvalue weighted by molar-refractivity contribution is 7.92. The Labute approximate surface area is 144 Å². The van der Waals surface area contributed by atoms with Gasteiger partial charge < -0.3 is 9.47 Å². The first-order chi connectivity index (χ1) is 11.8. The van der Waals surface area contributed by atoms with E-state index in [1.807, 2.05) is 6.92 Å². The minimum atomic E-state index is -4.08. The van der Waals surface area contributed by atoms with E-state index in [2.05, 4.69) is 4.72 Å². The Morgan fingerprint density at radius 1 is 1.12 bits per heavy atom. The maximum Gasteiger partial charge on any atom is 0.270 e. The number of amides is 1. The number of aryl methyl sites for hydroxylation is 1. The first kappa shape index (κ1) is 17.4. The fourth-order valence-electron chi connectivity index (χ4n) is 2.82. The van der Waals surface area contributed by atoms with Crippen molar-refractivity contribution in [2.24, 2.45) is 0 Å². The van der Waals surface area contributed by atoms with Crippen LogP contribution in [0.2, 0.25) is 0 Å². The fraction of sp³-hybridized carbons (Fsp3) is 0.312. The number of carbonyl (C=O) groups is 1. The topological polar surface area (TPSA) is 71.4 Å². The van der Waals surface area contributed by atoms with Gasteiger partial charge in [-0.1, -0.05) is 0 Å². The Hall–Kier alpha value is -2.42. The number of fused-ring (bicyclic) bond motifs is 1. The molecule has 1 aliphatic heterocycles. The lowest BCUT2D eigenvalue weighted by atomic mass is 10.3. The number of carbonyl (C=O) groups excluding carboxylic acids is 1. The number of nitrogens with zero attached hydrogens (tertiary/aromatic N) is 2. The molecule has 3 rings (SSSR count). The molecule has 0 saturated heterocycles. The zero-order valence-corrected chi connectivity index (χ0v) is 14.3. The minimum Gasteiger partial charge on any atom is -0.342 e. The van der Waals surface area contributed by atoms with Crippen molar-refractivity contribution >= 4 is 21.6 Å². The van der Waals surface area contributed by atoms with Gasteiger partial charge in [-0.25, -0.2) is 17.2 Å². The Morgan fingerprint density at radius 3 is 2.44 bits per heavy atom. The summed E-state index contributed by atoms with van der Waals surface area (Å²) in [5.74, 6) is -2.02. The van der Waals surface area contributed by atoms with E-state index in [1.165, 1.54) is 12.3 Å². The summed E-state index contributed by atoms with van der Waals surface area (Å²) in [5.41, 5.74) is 0.0607. The number of nitrogens with one attached hydrogen (secondary N) is 1. The lowest BCUT2D eigenvalue weighted by Gasteiger charge is -2.17. The van der Waals surface area contributed by atoms with E-state index < -0.39 is 21.7 Å². The molecule has 0 aliphatic carbocycles. The monoisotopic (exact) mass is 369 g/mol. The van der Waals surface area contributed by atoms with Crippen LogP contribution in [0.25, 0.3) is 0 Å². The van der Waals surface area contributed by atoms with Crippen LogP contribution in [0.3, 0.4) is 0 Å². The summed E-state index contributed by atoms with van der Waals surface area (Å²) in [7, 11) is -4.08. The average Bonchev–Trinajstić information content (AvgIpc) is 2.88. The van der Waals surface area contributed by atoms with Gasteiger partial charge in [-0.3, -0.25) is 9.52 Å². The molecule has 2 aromatic rings. The molecule has 2 heterocycles. The highest BCUT2D eigenvalue weighted by atomic mass is 32.2. The molecule has 1 aliphatic rings. The predicted molar refractivity (Wildman–Crippen MR) is 87.8 cm³/mol. The van der Waals surface area contributed by atoms with Gasteiger partial charge in [-0.05, 0) is 31.5 Å². The van der Waals surface area contributed by atoms with Crippen molar-refractivity contribution in [3.8, 4) is 0 Å². The minimum absolute atomic E-state index is 0.126. The van der Waals surface area contributed by atoms with Crippen LogP contribution in [0, 0.1) is 11.6 Å². The van der Waals surface area contributed by atoms with E-state index in [-0.39, 0.29) is 22.2 Å². The molecule has 0 fully saturated rings. The van der Waals surface area contributed by atoms with E-state index in [0.29, 0.717) is 32.1 Å². The Bertz CT molecular complexity index is 904. The largest absolute Gasteiger partial charge is 0.342 e. The van der Waals surface area contributed by atoms with Crippen molar-refractivity contribution in [3.05, 3.63) is 47.8 Å². The number of benzene rings is 1. The van der Waals surface area contributed by atoms with E-state index in [9.17, 15) is 22.0 Å². The second-order valence-corrected chi connectivity index (χ2v) is 7.44. The van der Waals surface area contributed by atoms with Gasteiger partial charge in [-0.2, -0.15) is 0 Å². The predicted octanol–water partition coefficient (Wildman–Crippen LogP) is 2.43. The summed E-state index contributed by atoms with van der Waals surface area (Å²) >= 11 is 0. The standard InChI is InChI=1S/C16H17F2N3O3S/c1-2-20-4-3-5-21-10-14(9-15(21)16(20)22)25(23,24)19-13-7-11(17)6-12(18)8-13/h6-10,19H,2-5H2,1H3. The molecule has 25 heavy (non-hydrogen) atoms. The first-order valence-corrected chi connectivity index (χ1v) is 9.27. The molecule has 0 atom stereocenters. The number of sulfonamides is 1. The van der Waals surface area contributed by atoms with E-state index in [4.69, 9.17) is 0 Å². The molecule has 134 valence electrons. The Balaban J connectivity index is 1.94. The van der Waals surface area contributed by atoms with Crippen LogP contribution in [0.4, 0.5) is 14.5 Å². The summed E-state index contributed by atoms with van der Waals surface area (Å²) in [6.07, 6.45) is 2.08. The number of hydrogen-bond donors (Lipinski definition) is 1. The third-order valence-corrected chi connectivity index (χ3v) is 5.36. The van der Waals surface area contributed by atoms with E-state index in [1.54, 1.807) is 9.47 Å². The highest BCUT2D eigenvalue weighted by Crippen LogP contribution is 2.23. The molecule has 0 radical (unpaired) electrons. The molecule has 0 saturated carbocycles. The Morgan fingerprint density at radius 2 is 1.80 bits per heavy atom. The maximum absolute atomic E-state index is 13.2. The van der Waals surface area contributed by atoms with Gasteiger partial charge in [0.1, 0.15) is 22.2 Å². The number of halogens is 2. The number of rotatable bonds is 4. The third kappa shape index (κ3) is 3.51. The van der Waals surface area contributed by atoms with Gasteiger partial charge in [-0.15, -0.1) is 0 Å². The molecule has 0 bridgehead atoms. The van der Waals surface area contributed by atoms with E-state index in [0.717, 1.165) is 12.1 Å². The number of aromatic nitrogens is 1. The molecule has 9 heteroatoms. The lowest BCUT2D eigenvalue weighted by molar-refractivity contribution is 0.0766. The van der Waals surface area contributed by atoms with Crippen LogP contribution >= 0.6 is 0 Å². The summed E-state index contributed by atoms with van der Waals surface area (Å²) in [6.45, 7) is 3.52. The molecule has 1 aromatic carbocycles. The summed E-state index contributed by atoms with van der Waals surface area (Å²) in [5, 5.41) is 0. The van der Waals surface area contributed by atoms with Crippen molar-refractivity contribution in [2.75, 3.05) is 17.8 Å². The molecular weight excluding hydrogens is 352 g/mol. The lowest BCUT2D eigenvalue weighted by Crippen LogP contribution is -2.30. The third-order valence-electron chi connectivity index (χ3n) is 4.01. The van der Waals surface area contributed by atoms with Crippen LogP contribution in [-0.4, -0.2) is 36.9 Å². The number of anilines is 1. The van der Waals surface area contributed by atoms with Gasteiger partial charge in [0.25, 0.3) is 15.9 Å². The highest BCUT2D eigenvalue weighted by Gasteiger charge is 2.26. The van der Waals surface area contributed by atoms with Crippen molar-refractivity contribution in [3.63, 3.8) is 0 Å². The molecule has 1 amide bonds. The molecular formula is C16H17F2N3O3S. The number of hydrogen-bond acceptors (Lipinski definition) is 3. The summed E-state index contributed by atoms with van der Waals surface area (Å²) < 4.78 is 55.2. The van der Waals surface area contributed by atoms with Crippen LogP contribution in [-0.2, 0) is 16.6 Å². The van der Waals surface area contributed by atoms with Gasteiger partial charge in [0.15, 0.2) is 0 Å². The molecule has 1 aromatic heterocycles. The van der Waals surface area contributed by atoms with Crippen LogP contribution in [0.15, 0.2) is 35.4 Å². The SMILES string of the molecule is CCN1CCCn2cc(S(=O)(=O)Nc3cc(F)cc(F)c3)cc2C1=O. The van der Waals surface area contributed by atoms with Crippen molar-refractivity contribution in [1.82, 2.24) is 9.47 Å². The zero-order chi connectivity index (χ0) is 18.2. The summed E-state index contributed by atoms with van der Waals surface area (Å²) in [6, 6.07) is 3.70. The van der Waals surface area contributed by atoms with Gasteiger partial charge in [0.2, 0.25) is 0 Å². The van der Waals surface area contributed by atoms with Crippen LogP contribution < -0.4 is 4.72 Å². The maximum atomic E-state index is 13.2. The van der Waals surface area contributed by atoms with Gasteiger partial charge in [0, 0.05) is 31.9 Å². The Kier molecular flexibility index (Phi) is 4.51. The van der Waals surface area contributed by atoms with Crippen molar-refractivity contribution in [2.45, 2.75) is 24.8 Å².